The van der Waals surface area contributed by atoms with Crippen molar-refractivity contribution in [1.29, 1.82) is 0 Å². The van der Waals surface area contributed by atoms with Crippen LogP contribution in [0, 0.1) is 0 Å². The van der Waals surface area contributed by atoms with E-state index in [1.165, 1.54) is 0 Å². The molecule has 1 aromatic carbocycles. The first-order valence-electron chi connectivity index (χ1n) is 8.20. The first kappa shape index (κ1) is 20.4. The Hall–Kier alpha value is -1.63. The highest BCUT2D eigenvalue weighted by Gasteiger charge is 2.20. The van der Waals surface area contributed by atoms with Gasteiger partial charge in [0.15, 0.2) is 0 Å². The number of carboxylic acid groups (broad SMARTS) is 1. The summed E-state index contributed by atoms with van der Waals surface area (Å²) in [7, 11) is 0. The van der Waals surface area contributed by atoms with Crippen molar-refractivity contribution in [3.05, 3.63) is 29.3 Å². The van der Waals surface area contributed by atoms with E-state index in [0.717, 1.165) is 26.1 Å². The molecule has 0 unspecified atom stereocenters. The number of hydrogen-bond acceptors (Lipinski definition) is 4. The maximum Gasteiger partial charge on any atom is 0.321 e. The van der Waals surface area contributed by atoms with Crippen molar-refractivity contribution in [2.75, 3.05) is 31.5 Å². The first-order valence-corrected chi connectivity index (χ1v) is 8.58. The predicted octanol–water partition coefficient (Wildman–Crippen LogP) is 2.44. The summed E-state index contributed by atoms with van der Waals surface area (Å²) in [5, 5.41) is 15.4. The molecule has 0 spiro atoms. The second-order valence-corrected chi connectivity index (χ2v) is 5.92. The number of benzene rings is 1. The topological polar surface area (TPSA) is 81.7 Å². The first-order chi connectivity index (χ1) is 11.5. The predicted molar refractivity (Wildman–Crippen MR) is 96.5 cm³/mol. The molecule has 3 N–H and O–H groups in total. The largest absolute Gasteiger partial charge is 0.480 e. The molecule has 1 aromatic rings. The van der Waals surface area contributed by atoms with Crippen molar-refractivity contribution in [1.82, 2.24) is 10.2 Å². The number of hydrogen-bond donors (Lipinski definition) is 3. The summed E-state index contributed by atoms with van der Waals surface area (Å²) in [5.74, 6) is -1.37. The van der Waals surface area contributed by atoms with Crippen LogP contribution in [0.3, 0.4) is 0 Å². The van der Waals surface area contributed by atoms with Crippen LogP contribution in [0.1, 0.15) is 26.7 Å². The van der Waals surface area contributed by atoms with Crippen LogP contribution in [0.5, 0.6) is 0 Å². The molecule has 7 heteroatoms. The molecule has 0 aliphatic rings. The van der Waals surface area contributed by atoms with Gasteiger partial charge in [0, 0.05) is 10.7 Å². The zero-order chi connectivity index (χ0) is 17.9. The highest BCUT2D eigenvalue weighted by Crippen LogP contribution is 2.13. The fourth-order valence-electron chi connectivity index (χ4n) is 2.30. The summed E-state index contributed by atoms with van der Waals surface area (Å²) in [4.78, 5) is 25.6. The van der Waals surface area contributed by atoms with E-state index in [1.807, 2.05) is 0 Å². The summed E-state index contributed by atoms with van der Waals surface area (Å²) in [6.07, 6.45) is 0.716. The summed E-state index contributed by atoms with van der Waals surface area (Å²) in [5.41, 5.74) is 0.593. The van der Waals surface area contributed by atoms with E-state index in [2.05, 4.69) is 29.4 Å². The Bertz CT molecular complexity index is 518. The molecule has 0 radical (unpaired) electrons. The lowest BCUT2D eigenvalue weighted by molar-refractivity contribution is -0.141. The molecule has 1 amide bonds. The average molecular weight is 356 g/mol. The minimum atomic E-state index is -1.02. The smallest absolute Gasteiger partial charge is 0.321 e. The van der Waals surface area contributed by atoms with Gasteiger partial charge in [-0.25, -0.2) is 0 Å². The zero-order valence-electron chi connectivity index (χ0n) is 14.2. The van der Waals surface area contributed by atoms with Crippen molar-refractivity contribution in [3.63, 3.8) is 0 Å². The molecule has 6 nitrogen and oxygen atoms in total. The number of carboxylic acids is 1. The summed E-state index contributed by atoms with van der Waals surface area (Å²) >= 11 is 5.78. The second-order valence-electron chi connectivity index (χ2n) is 5.48. The number of carbonyl (C=O) groups is 2. The third kappa shape index (κ3) is 7.77. The van der Waals surface area contributed by atoms with Crippen LogP contribution in [-0.2, 0) is 9.59 Å². The van der Waals surface area contributed by atoms with Crippen LogP contribution < -0.4 is 10.6 Å². The monoisotopic (exact) mass is 355 g/mol. The number of halogens is 1. The van der Waals surface area contributed by atoms with Crippen molar-refractivity contribution in [3.8, 4) is 0 Å². The van der Waals surface area contributed by atoms with Gasteiger partial charge >= 0.3 is 5.97 Å². The molecule has 0 bridgehead atoms. The van der Waals surface area contributed by atoms with E-state index in [-0.39, 0.29) is 12.3 Å². The molecule has 0 aromatic heterocycles. The number of nitrogens with zero attached hydrogens (tertiary/aromatic N) is 1. The minimum absolute atomic E-state index is 0.122. The standard InChI is InChI=1S/C17H26ClN3O3/c1-3-21(4-2)11-5-10-19-15(17(23)24)12-16(22)20-14-8-6-13(18)7-9-14/h6-9,15,19H,3-5,10-12H2,1-2H3,(H,20,22)(H,23,24)/t15-/m1/s1. The summed E-state index contributed by atoms with van der Waals surface area (Å²) < 4.78 is 0. The van der Waals surface area contributed by atoms with Gasteiger partial charge in [-0.05, 0) is 56.9 Å². The van der Waals surface area contributed by atoms with Gasteiger partial charge in [0.1, 0.15) is 6.04 Å². The summed E-state index contributed by atoms with van der Waals surface area (Å²) in [6, 6.07) is 5.78. The molecular formula is C17H26ClN3O3. The molecule has 0 saturated heterocycles. The van der Waals surface area contributed by atoms with E-state index in [9.17, 15) is 14.7 Å². The van der Waals surface area contributed by atoms with Gasteiger partial charge in [0.25, 0.3) is 0 Å². The number of amides is 1. The third-order valence-electron chi connectivity index (χ3n) is 3.75. The van der Waals surface area contributed by atoms with Crippen LogP contribution in [0.15, 0.2) is 24.3 Å². The fraction of sp³-hybridized carbons (Fsp3) is 0.529. The van der Waals surface area contributed by atoms with Crippen LogP contribution in [0.25, 0.3) is 0 Å². The molecule has 134 valence electrons. The maximum atomic E-state index is 12.0. The Kier molecular flexibility index (Phi) is 9.37. The molecule has 1 atom stereocenters. The van der Waals surface area contributed by atoms with E-state index < -0.39 is 12.0 Å². The summed E-state index contributed by atoms with van der Waals surface area (Å²) in [6.45, 7) is 7.60. The van der Waals surface area contributed by atoms with Gasteiger partial charge in [-0.15, -0.1) is 0 Å². The SMILES string of the molecule is CCN(CC)CCCN[C@H](CC(=O)Nc1ccc(Cl)cc1)C(=O)O. The Morgan fingerprint density at radius 1 is 1.21 bits per heavy atom. The normalized spacial score (nSPS) is 12.2. The average Bonchev–Trinajstić information content (AvgIpc) is 2.55. The molecule has 24 heavy (non-hydrogen) atoms. The van der Waals surface area contributed by atoms with Crippen LogP contribution in [-0.4, -0.2) is 54.1 Å². The lowest BCUT2D eigenvalue weighted by Gasteiger charge is -2.19. The Labute approximate surface area is 148 Å². The molecule has 0 aliphatic heterocycles. The lowest BCUT2D eigenvalue weighted by atomic mass is 10.2. The van der Waals surface area contributed by atoms with E-state index >= 15 is 0 Å². The van der Waals surface area contributed by atoms with Gasteiger partial charge in [0.05, 0.1) is 6.42 Å². The molecule has 1 rings (SSSR count). The highest BCUT2D eigenvalue weighted by molar-refractivity contribution is 6.30. The van der Waals surface area contributed by atoms with Gasteiger partial charge in [0.2, 0.25) is 5.91 Å². The quantitative estimate of drug-likeness (QED) is 0.531. The Morgan fingerprint density at radius 3 is 2.38 bits per heavy atom. The third-order valence-corrected chi connectivity index (χ3v) is 4.00. The van der Waals surface area contributed by atoms with Gasteiger partial charge < -0.3 is 20.6 Å². The molecule has 0 saturated carbocycles. The molecular weight excluding hydrogens is 330 g/mol. The van der Waals surface area contributed by atoms with Gasteiger partial charge in [-0.1, -0.05) is 25.4 Å². The van der Waals surface area contributed by atoms with Crippen molar-refractivity contribution < 1.29 is 14.7 Å². The maximum absolute atomic E-state index is 12.0. The number of rotatable bonds is 11. The number of anilines is 1. The van der Waals surface area contributed by atoms with Gasteiger partial charge in [-0.3, -0.25) is 9.59 Å². The number of nitrogens with one attached hydrogen (secondary N) is 2. The van der Waals surface area contributed by atoms with Crippen LogP contribution in [0.4, 0.5) is 5.69 Å². The van der Waals surface area contributed by atoms with Gasteiger partial charge in [-0.2, -0.15) is 0 Å². The Balaban J connectivity index is 2.40. The molecule has 0 fully saturated rings. The number of aliphatic carboxylic acids is 1. The second kappa shape index (κ2) is 11.0. The van der Waals surface area contributed by atoms with Crippen LogP contribution in [0.2, 0.25) is 5.02 Å². The van der Waals surface area contributed by atoms with E-state index in [4.69, 9.17) is 11.6 Å². The number of carbonyl (C=O) groups excluding carboxylic acids is 1. The lowest BCUT2D eigenvalue weighted by Crippen LogP contribution is -2.41. The zero-order valence-corrected chi connectivity index (χ0v) is 15.0. The fourth-order valence-corrected chi connectivity index (χ4v) is 2.42. The highest BCUT2D eigenvalue weighted by atomic mass is 35.5. The van der Waals surface area contributed by atoms with Crippen LogP contribution >= 0.6 is 11.6 Å². The van der Waals surface area contributed by atoms with E-state index in [0.29, 0.717) is 17.3 Å². The Morgan fingerprint density at radius 2 is 1.83 bits per heavy atom. The van der Waals surface area contributed by atoms with Crippen molar-refractivity contribution in [2.45, 2.75) is 32.7 Å². The molecule has 0 aliphatic carbocycles. The minimum Gasteiger partial charge on any atom is -0.480 e. The van der Waals surface area contributed by atoms with E-state index in [1.54, 1.807) is 24.3 Å². The molecule has 0 heterocycles. The van der Waals surface area contributed by atoms with Crippen molar-refractivity contribution >= 4 is 29.2 Å². The van der Waals surface area contributed by atoms with Crippen molar-refractivity contribution in [2.24, 2.45) is 0 Å².